The molecule has 0 N–H and O–H groups in total. The summed E-state index contributed by atoms with van der Waals surface area (Å²) in [6.45, 7) is 1.89. The molecule has 1 fully saturated rings. The molecule has 0 bridgehead atoms. The maximum Gasteiger partial charge on any atom is 0.233 e. The zero-order valence-corrected chi connectivity index (χ0v) is 14.5. The summed E-state index contributed by atoms with van der Waals surface area (Å²) in [5.74, 6) is 0.385. The van der Waals surface area contributed by atoms with Crippen molar-refractivity contribution in [2.45, 2.75) is 30.6 Å². The van der Waals surface area contributed by atoms with Crippen LogP contribution in [0.3, 0.4) is 0 Å². The number of rotatable bonds is 7. The summed E-state index contributed by atoms with van der Waals surface area (Å²) in [7, 11) is 1.87. The maximum atomic E-state index is 12.7. The van der Waals surface area contributed by atoms with Crippen LogP contribution in [-0.2, 0) is 23.1 Å². The molecule has 1 atom stereocenters. The van der Waals surface area contributed by atoms with Crippen molar-refractivity contribution < 1.29 is 9.53 Å². The zero-order chi connectivity index (χ0) is 16.8. The standard InChI is InChI=1S/C16H21N5O2S/c1-20-12-18-19-16(20)24-11-15(22)21(10-14-6-4-8-23-14)9-13-5-2-3-7-17-13/h2-3,5,7,12,14H,4,6,8-11H2,1H3/t14-/m0/s1. The molecule has 0 radical (unpaired) electrons. The highest BCUT2D eigenvalue weighted by Crippen LogP contribution is 2.18. The second-order valence-electron chi connectivity index (χ2n) is 5.74. The Bertz CT molecular complexity index is 657. The van der Waals surface area contributed by atoms with E-state index in [0.717, 1.165) is 30.3 Å². The van der Waals surface area contributed by atoms with Crippen molar-refractivity contribution in [1.82, 2.24) is 24.6 Å². The molecule has 0 saturated carbocycles. The Hall–Kier alpha value is -1.93. The number of pyridine rings is 1. The largest absolute Gasteiger partial charge is 0.376 e. The van der Waals surface area contributed by atoms with Crippen LogP contribution in [0, 0.1) is 0 Å². The predicted octanol–water partition coefficient (Wildman–Crippen LogP) is 1.51. The van der Waals surface area contributed by atoms with Crippen LogP contribution >= 0.6 is 11.8 Å². The molecule has 1 amide bonds. The molecule has 128 valence electrons. The van der Waals surface area contributed by atoms with Gasteiger partial charge in [0.1, 0.15) is 6.33 Å². The zero-order valence-electron chi connectivity index (χ0n) is 13.7. The van der Waals surface area contributed by atoms with Crippen molar-refractivity contribution in [2.24, 2.45) is 7.05 Å². The minimum atomic E-state index is 0.0594. The normalized spacial score (nSPS) is 17.1. The molecule has 0 aliphatic carbocycles. The molecule has 3 heterocycles. The number of aryl methyl sites for hydroxylation is 1. The fourth-order valence-corrected chi connectivity index (χ4v) is 3.39. The number of hydrogen-bond donors (Lipinski definition) is 0. The molecule has 7 nitrogen and oxygen atoms in total. The van der Waals surface area contributed by atoms with Crippen molar-refractivity contribution in [1.29, 1.82) is 0 Å². The van der Waals surface area contributed by atoms with E-state index in [0.29, 0.717) is 18.8 Å². The van der Waals surface area contributed by atoms with Gasteiger partial charge in [0.15, 0.2) is 5.16 Å². The quantitative estimate of drug-likeness (QED) is 0.707. The first-order chi connectivity index (χ1) is 11.7. The summed E-state index contributed by atoms with van der Waals surface area (Å²) in [5.41, 5.74) is 0.882. The van der Waals surface area contributed by atoms with Crippen molar-refractivity contribution in [2.75, 3.05) is 18.9 Å². The number of nitrogens with zero attached hydrogens (tertiary/aromatic N) is 5. The van der Waals surface area contributed by atoms with E-state index >= 15 is 0 Å². The smallest absolute Gasteiger partial charge is 0.233 e. The third-order valence-electron chi connectivity index (χ3n) is 3.87. The van der Waals surface area contributed by atoms with E-state index in [-0.39, 0.29) is 12.0 Å². The number of hydrogen-bond acceptors (Lipinski definition) is 6. The van der Waals surface area contributed by atoms with E-state index in [2.05, 4.69) is 15.2 Å². The molecule has 0 aromatic carbocycles. The van der Waals surface area contributed by atoms with Crippen LogP contribution in [0.5, 0.6) is 0 Å². The molecule has 1 aliphatic heterocycles. The van der Waals surface area contributed by atoms with E-state index in [1.165, 1.54) is 11.8 Å². The molecule has 2 aromatic heterocycles. The maximum absolute atomic E-state index is 12.7. The molecule has 3 rings (SSSR count). The highest BCUT2D eigenvalue weighted by molar-refractivity contribution is 7.99. The SMILES string of the molecule is Cn1cnnc1SCC(=O)N(Cc1ccccn1)C[C@@H]1CCCO1. The van der Waals surface area contributed by atoms with E-state index in [1.54, 1.807) is 17.1 Å². The van der Waals surface area contributed by atoms with Crippen molar-refractivity contribution in [3.8, 4) is 0 Å². The van der Waals surface area contributed by atoms with E-state index in [9.17, 15) is 4.79 Å². The Kier molecular flexibility index (Phi) is 5.81. The topological polar surface area (TPSA) is 73.1 Å². The van der Waals surface area contributed by atoms with E-state index in [1.807, 2.05) is 30.1 Å². The van der Waals surface area contributed by atoms with Gasteiger partial charge in [0, 0.05) is 26.4 Å². The van der Waals surface area contributed by atoms with Crippen LogP contribution in [0.1, 0.15) is 18.5 Å². The number of ether oxygens (including phenoxy) is 1. The van der Waals surface area contributed by atoms with Gasteiger partial charge in [-0.1, -0.05) is 17.8 Å². The van der Waals surface area contributed by atoms with Crippen LogP contribution < -0.4 is 0 Å². The number of carbonyl (C=O) groups is 1. The first-order valence-corrected chi connectivity index (χ1v) is 8.97. The van der Waals surface area contributed by atoms with Gasteiger partial charge in [0.25, 0.3) is 0 Å². The molecule has 0 spiro atoms. The van der Waals surface area contributed by atoms with Gasteiger partial charge >= 0.3 is 0 Å². The van der Waals surface area contributed by atoms with Crippen LogP contribution in [-0.4, -0.2) is 55.6 Å². The molecule has 24 heavy (non-hydrogen) atoms. The van der Waals surface area contributed by atoms with Gasteiger partial charge in [-0.3, -0.25) is 9.78 Å². The lowest BCUT2D eigenvalue weighted by molar-refractivity contribution is -0.130. The third-order valence-corrected chi connectivity index (χ3v) is 4.89. The Morgan fingerprint density at radius 1 is 1.50 bits per heavy atom. The number of aromatic nitrogens is 4. The van der Waals surface area contributed by atoms with Gasteiger partial charge in [-0.2, -0.15) is 0 Å². The highest BCUT2D eigenvalue weighted by atomic mass is 32.2. The minimum Gasteiger partial charge on any atom is -0.376 e. The molecule has 1 aliphatic rings. The lowest BCUT2D eigenvalue weighted by atomic mass is 10.2. The summed E-state index contributed by atoms with van der Waals surface area (Å²) in [6, 6.07) is 5.75. The minimum absolute atomic E-state index is 0.0594. The van der Waals surface area contributed by atoms with Gasteiger partial charge < -0.3 is 14.2 Å². The molecular weight excluding hydrogens is 326 g/mol. The number of thioether (sulfide) groups is 1. The fraction of sp³-hybridized carbons (Fsp3) is 0.500. The number of carbonyl (C=O) groups excluding carboxylic acids is 1. The monoisotopic (exact) mass is 347 g/mol. The van der Waals surface area contributed by atoms with Crippen molar-refractivity contribution in [3.63, 3.8) is 0 Å². The van der Waals surface area contributed by atoms with Gasteiger partial charge in [0.05, 0.1) is 24.1 Å². The lowest BCUT2D eigenvalue weighted by Crippen LogP contribution is -2.38. The first kappa shape index (κ1) is 16.9. The highest BCUT2D eigenvalue weighted by Gasteiger charge is 2.23. The fourth-order valence-electron chi connectivity index (χ4n) is 2.60. The summed E-state index contributed by atoms with van der Waals surface area (Å²) in [6.07, 6.45) is 5.56. The average Bonchev–Trinajstić information content (AvgIpc) is 3.25. The van der Waals surface area contributed by atoms with E-state index in [4.69, 9.17) is 4.74 Å². The Labute approximate surface area is 145 Å². The second kappa shape index (κ2) is 8.25. The molecule has 8 heteroatoms. The van der Waals surface area contributed by atoms with Gasteiger partial charge in [-0.05, 0) is 25.0 Å². The number of amides is 1. The van der Waals surface area contributed by atoms with Crippen LogP contribution in [0.2, 0.25) is 0 Å². The predicted molar refractivity (Wildman–Crippen MR) is 90.4 cm³/mol. The van der Waals surface area contributed by atoms with Gasteiger partial charge in [-0.25, -0.2) is 0 Å². The summed E-state index contributed by atoms with van der Waals surface area (Å²) >= 11 is 1.40. The Morgan fingerprint density at radius 3 is 3.08 bits per heavy atom. The summed E-state index contributed by atoms with van der Waals surface area (Å²) in [4.78, 5) is 18.9. The summed E-state index contributed by atoms with van der Waals surface area (Å²) < 4.78 is 7.50. The second-order valence-corrected chi connectivity index (χ2v) is 6.69. The van der Waals surface area contributed by atoms with Crippen LogP contribution in [0.15, 0.2) is 35.9 Å². The Balaban J connectivity index is 1.63. The van der Waals surface area contributed by atoms with Gasteiger partial charge in [0.2, 0.25) is 5.91 Å². The van der Waals surface area contributed by atoms with E-state index < -0.39 is 0 Å². The molecule has 1 saturated heterocycles. The third kappa shape index (κ3) is 4.55. The van der Waals surface area contributed by atoms with Crippen molar-refractivity contribution in [3.05, 3.63) is 36.4 Å². The van der Waals surface area contributed by atoms with Gasteiger partial charge in [-0.15, -0.1) is 10.2 Å². The Morgan fingerprint density at radius 2 is 2.42 bits per heavy atom. The first-order valence-electron chi connectivity index (χ1n) is 7.98. The summed E-state index contributed by atoms with van der Waals surface area (Å²) in [5, 5.41) is 8.57. The van der Waals surface area contributed by atoms with Crippen LogP contribution in [0.25, 0.3) is 0 Å². The average molecular weight is 347 g/mol. The lowest BCUT2D eigenvalue weighted by Gasteiger charge is -2.25. The van der Waals surface area contributed by atoms with Crippen molar-refractivity contribution >= 4 is 17.7 Å². The van der Waals surface area contributed by atoms with Crippen LogP contribution in [0.4, 0.5) is 0 Å². The molecule has 2 aromatic rings. The molecule has 0 unspecified atom stereocenters. The molecular formula is C16H21N5O2S.